The van der Waals surface area contributed by atoms with Crippen LogP contribution in [0.15, 0.2) is 29.4 Å². The molecule has 4 atom stereocenters. The zero-order valence-corrected chi connectivity index (χ0v) is 31.6. The van der Waals surface area contributed by atoms with Crippen molar-refractivity contribution < 1.29 is 32.2 Å². The summed E-state index contributed by atoms with van der Waals surface area (Å²) in [5, 5.41) is 0. The van der Waals surface area contributed by atoms with Crippen LogP contribution in [0, 0.1) is 11.3 Å². The van der Waals surface area contributed by atoms with Crippen LogP contribution in [0.2, 0.25) is 0 Å². The SMILES string of the molecule is CC[C@@H]1CO[C@H]([C@@H]2CCCC[C@@]2(/C=C/OC(=O)N(C(C)C)C(C)C)C(=O)OC)N1S(=O)(=O)c1c(C(C)C)cc(C(C)C)cc1C(C)C. The smallest absolute Gasteiger partial charge is 0.415 e. The predicted molar refractivity (Wildman–Crippen MR) is 186 cm³/mol. The molecule has 1 amide bonds. The molecule has 47 heavy (non-hydrogen) atoms. The molecule has 1 aromatic carbocycles. The van der Waals surface area contributed by atoms with E-state index in [1.54, 1.807) is 15.3 Å². The second-order valence-electron chi connectivity index (χ2n) is 14.8. The van der Waals surface area contributed by atoms with Gasteiger partial charge in [-0.15, -0.1) is 0 Å². The van der Waals surface area contributed by atoms with Gasteiger partial charge in [0.05, 0.1) is 36.3 Å². The van der Waals surface area contributed by atoms with Gasteiger partial charge in [-0.3, -0.25) is 4.79 Å². The molecule has 0 bridgehead atoms. The Balaban J connectivity index is 2.19. The van der Waals surface area contributed by atoms with Gasteiger partial charge in [0.15, 0.2) is 0 Å². The first kappa shape index (κ1) is 39.0. The van der Waals surface area contributed by atoms with Crippen molar-refractivity contribution >= 4 is 22.1 Å². The van der Waals surface area contributed by atoms with Crippen LogP contribution >= 0.6 is 0 Å². The van der Waals surface area contributed by atoms with Gasteiger partial charge in [0, 0.05) is 18.0 Å². The van der Waals surface area contributed by atoms with Crippen LogP contribution in [0.1, 0.15) is 143 Å². The lowest BCUT2D eigenvalue weighted by atomic mass is 9.65. The van der Waals surface area contributed by atoms with Crippen molar-refractivity contribution in [3.63, 3.8) is 0 Å². The quantitative estimate of drug-likeness (QED) is 0.162. The average molecular weight is 677 g/mol. The highest BCUT2D eigenvalue weighted by molar-refractivity contribution is 7.89. The van der Waals surface area contributed by atoms with E-state index in [1.165, 1.54) is 13.4 Å². The Morgan fingerprint density at radius 2 is 1.55 bits per heavy atom. The van der Waals surface area contributed by atoms with Crippen molar-refractivity contribution in [1.82, 2.24) is 9.21 Å². The van der Waals surface area contributed by atoms with E-state index in [-0.39, 0.29) is 36.4 Å². The highest BCUT2D eigenvalue weighted by Crippen LogP contribution is 2.50. The Hall–Kier alpha value is -2.43. The first-order valence-electron chi connectivity index (χ1n) is 17.5. The van der Waals surface area contributed by atoms with Gasteiger partial charge < -0.3 is 19.1 Å². The molecule has 2 fully saturated rings. The van der Waals surface area contributed by atoms with Gasteiger partial charge >= 0.3 is 12.1 Å². The highest BCUT2D eigenvalue weighted by atomic mass is 32.2. The summed E-state index contributed by atoms with van der Waals surface area (Å²) < 4.78 is 49.4. The Morgan fingerprint density at radius 3 is 2.02 bits per heavy atom. The summed E-state index contributed by atoms with van der Waals surface area (Å²) in [5.74, 6) is -0.875. The number of esters is 1. The zero-order valence-electron chi connectivity index (χ0n) is 30.8. The van der Waals surface area contributed by atoms with Crippen molar-refractivity contribution in [2.24, 2.45) is 11.3 Å². The molecule has 1 saturated carbocycles. The van der Waals surface area contributed by atoms with E-state index in [0.29, 0.717) is 24.2 Å². The first-order valence-corrected chi connectivity index (χ1v) is 19.0. The maximum Gasteiger partial charge on any atom is 0.415 e. The van der Waals surface area contributed by atoms with E-state index < -0.39 is 45.7 Å². The number of carbonyl (C=O) groups is 2. The third-order valence-electron chi connectivity index (χ3n) is 9.94. The van der Waals surface area contributed by atoms with Crippen LogP contribution in [0.25, 0.3) is 0 Å². The molecule has 1 aromatic rings. The number of ether oxygens (including phenoxy) is 3. The number of hydrogen-bond acceptors (Lipinski definition) is 7. The van der Waals surface area contributed by atoms with Crippen LogP contribution in [0.4, 0.5) is 4.79 Å². The molecule has 0 N–H and O–H groups in total. The molecule has 10 heteroatoms. The summed E-state index contributed by atoms with van der Waals surface area (Å²) in [4.78, 5) is 28.8. The van der Waals surface area contributed by atoms with Crippen molar-refractivity contribution in [3.8, 4) is 0 Å². The maximum absolute atomic E-state index is 15.2. The number of methoxy groups -OCH3 is 1. The van der Waals surface area contributed by atoms with Crippen molar-refractivity contribution in [2.45, 2.75) is 155 Å². The molecule has 0 unspecified atom stereocenters. The predicted octanol–water partition coefficient (Wildman–Crippen LogP) is 8.30. The van der Waals surface area contributed by atoms with Gasteiger partial charge in [-0.2, -0.15) is 4.31 Å². The van der Waals surface area contributed by atoms with Gasteiger partial charge in [0.1, 0.15) is 6.23 Å². The number of sulfonamides is 1. The van der Waals surface area contributed by atoms with Gasteiger partial charge in [0.25, 0.3) is 0 Å². The number of benzene rings is 1. The maximum atomic E-state index is 15.2. The first-order chi connectivity index (χ1) is 22.0. The Kier molecular flexibility index (Phi) is 13.2. The molecular weight excluding hydrogens is 616 g/mol. The van der Waals surface area contributed by atoms with Crippen LogP contribution in [-0.2, 0) is 29.0 Å². The molecule has 0 aromatic heterocycles. The zero-order chi connectivity index (χ0) is 35.4. The Morgan fingerprint density at radius 1 is 0.979 bits per heavy atom. The van der Waals surface area contributed by atoms with E-state index >= 15 is 8.42 Å². The molecule has 2 aliphatic rings. The average Bonchev–Trinajstić information content (AvgIpc) is 3.44. The van der Waals surface area contributed by atoms with Crippen LogP contribution in [0.5, 0.6) is 0 Å². The molecule has 3 rings (SSSR count). The molecular formula is C37H60N2O7S. The Bertz CT molecular complexity index is 1350. The van der Waals surface area contributed by atoms with Crippen LogP contribution in [-0.4, -0.2) is 67.8 Å². The van der Waals surface area contributed by atoms with E-state index in [2.05, 4.69) is 26.0 Å². The second-order valence-corrected chi connectivity index (χ2v) is 16.6. The minimum atomic E-state index is -4.10. The third kappa shape index (κ3) is 7.91. The normalized spacial score (nSPS) is 24.3. The molecule has 0 spiro atoms. The number of rotatable bonds is 12. The lowest BCUT2D eigenvalue weighted by molar-refractivity contribution is -0.161. The molecule has 1 heterocycles. The fourth-order valence-corrected chi connectivity index (χ4v) is 9.89. The van der Waals surface area contributed by atoms with Gasteiger partial charge in [-0.1, -0.05) is 73.4 Å². The molecule has 0 radical (unpaired) electrons. The standard InChI is InChI=1S/C37H60N2O7S/c1-13-29-22-46-34(39(29)47(42,43)33-30(24(4)5)20-28(23(2)3)21-31(33)25(6)7)32-16-14-15-17-37(32,35(40)44-12)18-19-45-36(41)38(26(8)9)27(10)11/h18-21,23-27,29,32,34H,13-17,22H2,1-12H3/b19-18+/t29-,32+,34-,37+/m1/s1. The topological polar surface area (TPSA) is 102 Å². The van der Waals surface area contributed by atoms with E-state index in [9.17, 15) is 9.59 Å². The van der Waals surface area contributed by atoms with E-state index in [0.717, 1.165) is 29.5 Å². The molecule has 9 nitrogen and oxygen atoms in total. The molecule has 1 aliphatic carbocycles. The van der Waals surface area contributed by atoms with Gasteiger partial charge in [-0.05, 0) is 87.5 Å². The molecule has 1 saturated heterocycles. The summed E-state index contributed by atoms with van der Waals surface area (Å²) in [6, 6.07) is 3.54. The van der Waals surface area contributed by atoms with E-state index in [1.807, 2.05) is 62.3 Å². The molecule has 266 valence electrons. The summed E-state index contributed by atoms with van der Waals surface area (Å²) in [5.41, 5.74) is 1.46. The summed E-state index contributed by atoms with van der Waals surface area (Å²) in [6.45, 7) is 22.2. The largest absolute Gasteiger partial charge is 0.468 e. The lowest BCUT2D eigenvalue weighted by Gasteiger charge is -2.44. The van der Waals surface area contributed by atoms with Crippen molar-refractivity contribution in [2.75, 3.05) is 13.7 Å². The minimum Gasteiger partial charge on any atom is -0.468 e. The van der Waals surface area contributed by atoms with Gasteiger partial charge in [-0.25, -0.2) is 13.2 Å². The summed E-state index contributed by atoms with van der Waals surface area (Å²) >= 11 is 0. The summed E-state index contributed by atoms with van der Waals surface area (Å²) in [7, 11) is -2.76. The fourth-order valence-electron chi connectivity index (χ4n) is 7.41. The number of carbonyl (C=O) groups excluding carboxylic acids is 2. The highest BCUT2D eigenvalue weighted by Gasteiger charge is 2.56. The van der Waals surface area contributed by atoms with Crippen molar-refractivity contribution in [1.29, 1.82) is 0 Å². The van der Waals surface area contributed by atoms with Gasteiger partial charge in [0.2, 0.25) is 10.0 Å². The number of nitrogens with zero attached hydrogens (tertiary/aromatic N) is 2. The minimum absolute atomic E-state index is 0.0317. The second kappa shape index (κ2) is 15.9. The molecule has 1 aliphatic heterocycles. The van der Waals surface area contributed by atoms with E-state index in [4.69, 9.17) is 14.2 Å². The van der Waals surface area contributed by atoms with Crippen molar-refractivity contribution in [3.05, 3.63) is 41.2 Å². The fraction of sp³-hybridized carbons (Fsp3) is 0.730. The summed E-state index contributed by atoms with van der Waals surface area (Å²) in [6.07, 6.45) is 4.53. The van der Waals surface area contributed by atoms with Crippen LogP contribution < -0.4 is 0 Å². The monoisotopic (exact) mass is 676 g/mol. The number of amides is 1. The third-order valence-corrected chi connectivity index (χ3v) is 12.0. The lowest BCUT2D eigenvalue weighted by Crippen LogP contribution is -2.53. The van der Waals surface area contributed by atoms with Crippen LogP contribution in [0.3, 0.4) is 0 Å². The Labute approximate surface area is 284 Å². The number of hydrogen-bond donors (Lipinski definition) is 0.